The monoisotopic (exact) mass is 263 g/mol. The Bertz CT molecular complexity index is 417. The van der Waals surface area contributed by atoms with Gasteiger partial charge in [-0.1, -0.05) is 6.92 Å². The molecule has 2 aliphatic rings. The number of hydrogen-bond donors (Lipinski definition) is 1. The van der Waals surface area contributed by atoms with Crippen molar-refractivity contribution < 1.29 is 4.74 Å². The Labute approximate surface area is 115 Å². The summed E-state index contributed by atoms with van der Waals surface area (Å²) in [5.41, 5.74) is 0. The molecule has 3 rings (SSSR count). The van der Waals surface area contributed by atoms with Gasteiger partial charge in [0.1, 0.15) is 5.82 Å². The first-order valence-electron chi connectivity index (χ1n) is 7.63. The Morgan fingerprint density at radius 1 is 1.53 bits per heavy atom. The summed E-state index contributed by atoms with van der Waals surface area (Å²) in [6, 6.07) is 0.511. The van der Waals surface area contributed by atoms with Crippen LogP contribution < -0.4 is 5.32 Å². The highest BCUT2D eigenvalue weighted by Crippen LogP contribution is 2.40. The summed E-state index contributed by atoms with van der Waals surface area (Å²) in [4.78, 5) is 4.48. The van der Waals surface area contributed by atoms with Gasteiger partial charge in [0, 0.05) is 37.8 Å². The summed E-state index contributed by atoms with van der Waals surface area (Å²) in [6.45, 7) is 3.31. The normalized spacial score (nSPS) is 30.9. The fraction of sp³-hybridized carbons (Fsp3) is 0.800. The van der Waals surface area contributed by atoms with Crippen molar-refractivity contribution in [1.82, 2.24) is 14.9 Å². The van der Waals surface area contributed by atoms with Crippen molar-refractivity contribution in [1.29, 1.82) is 0 Å². The molecule has 19 heavy (non-hydrogen) atoms. The van der Waals surface area contributed by atoms with E-state index in [2.05, 4.69) is 28.8 Å². The largest absolute Gasteiger partial charge is 0.375 e. The predicted octanol–water partition coefficient (Wildman–Crippen LogP) is 1.90. The zero-order chi connectivity index (χ0) is 13.2. The first-order valence-corrected chi connectivity index (χ1v) is 7.63. The third-order valence-electron chi connectivity index (χ3n) is 4.65. The predicted molar refractivity (Wildman–Crippen MR) is 75.0 cm³/mol. The molecule has 0 spiro atoms. The fourth-order valence-corrected chi connectivity index (χ4v) is 3.60. The number of nitrogens with one attached hydrogen (secondary N) is 1. The van der Waals surface area contributed by atoms with E-state index in [1.807, 2.05) is 12.4 Å². The van der Waals surface area contributed by atoms with Crippen molar-refractivity contribution in [3.05, 3.63) is 18.2 Å². The van der Waals surface area contributed by atoms with Gasteiger partial charge < -0.3 is 14.6 Å². The quantitative estimate of drug-likeness (QED) is 0.852. The number of imidazole rings is 1. The third kappa shape index (κ3) is 2.70. The van der Waals surface area contributed by atoms with Crippen LogP contribution in [0.4, 0.5) is 0 Å². The van der Waals surface area contributed by atoms with Gasteiger partial charge in [-0.05, 0) is 32.2 Å². The number of fused-ring (bicyclic) bond motifs is 2. The highest BCUT2D eigenvalue weighted by atomic mass is 16.5. The molecule has 1 aromatic heterocycles. The molecule has 0 radical (unpaired) electrons. The van der Waals surface area contributed by atoms with Crippen LogP contribution in [0.5, 0.6) is 0 Å². The zero-order valence-corrected chi connectivity index (χ0v) is 12.0. The zero-order valence-electron chi connectivity index (χ0n) is 12.0. The van der Waals surface area contributed by atoms with Crippen molar-refractivity contribution in [2.75, 3.05) is 6.54 Å². The maximum absolute atomic E-state index is 6.03. The molecule has 2 bridgehead atoms. The summed E-state index contributed by atoms with van der Waals surface area (Å²) >= 11 is 0. The maximum atomic E-state index is 6.03. The number of rotatable bonds is 6. The molecule has 4 unspecified atom stereocenters. The van der Waals surface area contributed by atoms with Crippen molar-refractivity contribution >= 4 is 0 Å². The second-order valence-corrected chi connectivity index (χ2v) is 5.99. The van der Waals surface area contributed by atoms with Gasteiger partial charge in [-0.2, -0.15) is 0 Å². The molecule has 2 saturated heterocycles. The second kappa shape index (κ2) is 5.63. The Kier molecular flexibility index (Phi) is 3.89. The Hall–Kier alpha value is -0.870. The summed E-state index contributed by atoms with van der Waals surface area (Å²) in [5.74, 6) is 1.85. The molecule has 106 valence electrons. The molecular formula is C15H25N3O. The number of ether oxygens (including phenoxy) is 1. The summed E-state index contributed by atoms with van der Waals surface area (Å²) in [6.07, 6.45) is 10.9. The highest BCUT2D eigenvalue weighted by Gasteiger charge is 2.44. The molecule has 1 N–H and O–H groups in total. The molecule has 0 saturated carbocycles. The van der Waals surface area contributed by atoms with Gasteiger partial charge in [0.2, 0.25) is 0 Å². The van der Waals surface area contributed by atoms with E-state index in [0.29, 0.717) is 24.2 Å². The number of aromatic nitrogens is 2. The first kappa shape index (κ1) is 13.1. The van der Waals surface area contributed by atoms with Crippen LogP contribution in [0.1, 0.15) is 38.4 Å². The molecule has 2 fully saturated rings. The smallest absolute Gasteiger partial charge is 0.109 e. The molecule has 0 amide bonds. The van der Waals surface area contributed by atoms with Crippen LogP contribution in [0.15, 0.2) is 12.4 Å². The van der Waals surface area contributed by atoms with Crippen molar-refractivity contribution in [2.24, 2.45) is 13.0 Å². The van der Waals surface area contributed by atoms with Crippen molar-refractivity contribution in [2.45, 2.75) is 57.3 Å². The minimum Gasteiger partial charge on any atom is -0.375 e. The Morgan fingerprint density at radius 2 is 2.42 bits per heavy atom. The number of nitrogens with zero attached hydrogens (tertiary/aromatic N) is 2. The maximum Gasteiger partial charge on any atom is 0.109 e. The van der Waals surface area contributed by atoms with Gasteiger partial charge in [-0.25, -0.2) is 4.98 Å². The van der Waals surface area contributed by atoms with E-state index in [4.69, 9.17) is 4.74 Å². The van der Waals surface area contributed by atoms with E-state index >= 15 is 0 Å². The minimum atomic E-state index is 0.486. The number of aryl methyl sites for hydroxylation is 1. The van der Waals surface area contributed by atoms with Gasteiger partial charge in [-0.3, -0.25) is 0 Å². The second-order valence-electron chi connectivity index (χ2n) is 5.99. The van der Waals surface area contributed by atoms with E-state index < -0.39 is 0 Å². The van der Waals surface area contributed by atoms with Crippen molar-refractivity contribution in [3.8, 4) is 0 Å². The standard InChI is InChI=1S/C15H25N3O/c1-3-6-16-13(10-15-17-7-8-18(15)2)12-9-11-4-5-14(12)19-11/h7-8,11-14,16H,3-6,9-10H2,1-2H3. The average Bonchev–Trinajstić information content (AvgIpc) is 3.11. The average molecular weight is 263 g/mol. The summed E-state index contributed by atoms with van der Waals surface area (Å²) in [5, 5.41) is 3.73. The molecular weight excluding hydrogens is 238 g/mol. The van der Waals surface area contributed by atoms with Crippen LogP contribution in [0, 0.1) is 5.92 Å². The highest BCUT2D eigenvalue weighted by molar-refractivity contribution is 5.01. The van der Waals surface area contributed by atoms with Gasteiger partial charge >= 0.3 is 0 Å². The van der Waals surface area contributed by atoms with Gasteiger partial charge in [0.25, 0.3) is 0 Å². The van der Waals surface area contributed by atoms with Crippen LogP contribution >= 0.6 is 0 Å². The topological polar surface area (TPSA) is 39.1 Å². The van der Waals surface area contributed by atoms with E-state index in [0.717, 1.165) is 13.0 Å². The SMILES string of the molecule is CCCNC(Cc1nccn1C)C1CC2CCC1O2. The first-order chi connectivity index (χ1) is 9.28. The fourth-order valence-electron chi connectivity index (χ4n) is 3.60. The summed E-state index contributed by atoms with van der Waals surface area (Å²) < 4.78 is 8.16. The van der Waals surface area contributed by atoms with E-state index in [-0.39, 0.29) is 0 Å². The van der Waals surface area contributed by atoms with E-state index in [9.17, 15) is 0 Å². The lowest BCUT2D eigenvalue weighted by Gasteiger charge is -2.29. The molecule has 2 aliphatic heterocycles. The Balaban J connectivity index is 1.68. The molecule has 4 atom stereocenters. The van der Waals surface area contributed by atoms with Gasteiger partial charge in [0.15, 0.2) is 0 Å². The lowest BCUT2D eigenvalue weighted by molar-refractivity contribution is 0.0855. The lowest BCUT2D eigenvalue weighted by Crippen LogP contribution is -2.43. The van der Waals surface area contributed by atoms with Gasteiger partial charge in [0.05, 0.1) is 12.2 Å². The number of hydrogen-bond acceptors (Lipinski definition) is 3. The molecule has 0 aliphatic carbocycles. The summed E-state index contributed by atoms with van der Waals surface area (Å²) in [7, 11) is 2.08. The van der Waals surface area contributed by atoms with Crippen LogP contribution in [0.3, 0.4) is 0 Å². The lowest BCUT2D eigenvalue weighted by atomic mass is 9.82. The van der Waals surface area contributed by atoms with E-state index in [1.165, 1.54) is 31.5 Å². The van der Waals surface area contributed by atoms with Gasteiger partial charge in [-0.15, -0.1) is 0 Å². The van der Waals surface area contributed by atoms with E-state index in [1.54, 1.807) is 0 Å². The molecule has 4 heteroatoms. The van der Waals surface area contributed by atoms with Crippen LogP contribution in [0.25, 0.3) is 0 Å². The van der Waals surface area contributed by atoms with Crippen molar-refractivity contribution in [3.63, 3.8) is 0 Å². The minimum absolute atomic E-state index is 0.486. The molecule has 1 aromatic rings. The molecule has 4 nitrogen and oxygen atoms in total. The van der Waals surface area contributed by atoms with Crippen LogP contribution in [-0.2, 0) is 18.2 Å². The molecule has 0 aromatic carbocycles. The van der Waals surface area contributed by atoms with Crippen LogP contribution in [0.2, 0.25) is 0 Å². The Morgan fingerprint density at radius 3 is 3.00 bits per heavy atom. The third-order valence-corrected chi connectivity index (χ3v) is 4.65. The molecule has 3 heterocycles. The van der Waals surface area contributed by atoms with Crippen LogP contribution in [-0.4, -0.2) is 34.3 Å².